The summed E-state index contributed by atoms with van der Waals surface area (Å²) in [6, 6.07) is 0. The number of carbonyl (C=O) groups excluding carboxylic acids is 2. The normalized spacial score (nSPS) is 11.1. The molecule has 0 bridgehead atoms. The minimum atomic E-state index is -0.184. The molecule has 0 heterocycles. The van der Waals surface area contributed by atoms with E-state index >= 15 is 0 Å². The zero-order chi connectivity index (χ0) is 13.4. The van der Waals surface area contributed by atoms with Gasteiger partial charge in [-0.3, -0.25) is 20.4 Å². The van der Waals surface area contributed by atoms with Crippen molar-refractivity contribution in [3.8, 4) is 0 Å². The topological polar surface area (TPSA) is 64.7 Å². The average molecular weight is 309 g/mol. The largest absolute Gasteiger partial charge is 0.288 e. The summed E-state index contributed by atoms with van der Waals surface area (Å²) in [5.74, 6) is 0.132. The first-order valence-corrected chi connectivity index (χ1v) is 6.54. The zero-order valence-corrected chi connectivity index (χ0v) is 12.4. The van der Waals surface area contributed by atoms with E-state index in [1.807, 2.05) is 7.05 Å². The summed E-state index contributed by atoms with van der Waals surface area (Å²) in [6.45, 7) is 5.04. The van der Waals surface area contributed by atoms with Gasteiger partial charge in [0.05, 0.1) is 11.9 Å². The number of nitrogens with zero attached hydrogens (tertiary/aromatic N) is 2. The van der Waals surface area contributed by atoms with Gasteiger partial charge in [0.1, 0.15) is 0 Å². The van der Waals surface area contributed by atoms with Gasteiger partial charge < -0.3 is 0 Å². The van der Waals surface area contributed by atoms with Gasteiger partial charge in [-0.25, -0.2) is 10.0 Å². The van der Waals surface area contributed by atoms with Crippen molar-refractivity contribution in [2.45, 2.75) is 13.8 Å². The molecule has 6 nitrogen and oxygen atoms in total. The minimum Gasteiger partial charge on any atom is -0.288 e. The van der Waals surface area contributed by atoms with Crippen LogP contribution >= 0.6 is 15.9 Å². The van der Waals surface area contributed by atoms with Crippen molar-refractivity contribution in [1.29, 1.82) is 0 Å². The molecule has 0 aromatic carbocycles. The molecule has 2 amide bonds. The van der Waals surface area contributed by atoms with Crippen molar-refractivity contribution in [3.63, 3.8) is 0 Å². The summed E-state index contributed by atoms with van der Waals surface area (Å²) < 4.78 is 0. The van der Waals surface area contributed by atoms with E-state index in [0.29, 0.717) is 5.92 Å². The Morgan fingerprint density at radius 1 is 1.12 bits per heavy atom. The number of rotatable bonds is 7. The van der Waals surface area contributed by atoms with Crippen LogP contribution in [-0.4, -0.2) is 54.3 Å². The number of halogens is 1. The first-order valence-electron chi connectivity index (χ1n) is 5.42. The van der Waals surface area contributed by atoms with Gasteiger partial charge >= 0.3 is 0 Å². The Hall–Kier alpha value is -0.660. The Balaban J connectivity index is 3.88. The van der Waals surface area contributed by atoms with Crippen LogP contribution in [0.15, 0.2) is 0 Å². The molecule has 7 heteroatoms. The van der Waals surface area contributed by atoms with E-state index in [1.54, 1.807) is 12.1 Å². The third kappa shape index (κ3) is 9.08. The zero-order valence-electron chi connectivity index (χ0n) is 10.8. The van der Waals surface area contributed by atoms with Crippen LogP contribution in [0.1, 0.15) is 13.8 Å². The van der Waals surface area contributed by atoms with Gasteiger partial charge in [-0.15, -0.1) is 0 Å². The van der Waals surface area contributed by atoms with E-state index in [1.165, 1.54) is 5.01 Å². The lowest BCUT2D eigenvalue weighted by Crippen LogP contribution is -2.49. The number of alkyl halides is 1. The minimum absolute atomic E-state index is 0.112. The molecule has 100 valence electrons. The van der Waals surface area contributed by atoms with E-state index < -0.39 is 0 Å². The number of hydrazine groups is 2. The number of hydrogen-bond acceptors (Lipinski definition) is 4. The number of carbonyl (C=O) groups is 2. The average Bonchev–Trinajstić information content (AvgIpc) is 2.14. The molecule has 17 heavy (non-hydrogen) atoms. The summed E-state index contributed by atoms with van der Waals surface area (Å²) in [6.07, 6.45) is 0. The highest BCUT2D eigenvalue weighted by Crippen LogP contribution is 1.92. The second-order valence-corrected chi connectivity index (χ2v) is 4.89. The number of hydrogen-bond donors (Lipinski definition) is 2. The Kier molecular flexibility index (Phi) is 8.11. The number of amides is 2. The molecule has 0 unspecified atom stereocenters. The summed E-state index contributed by atoms with van der Waals surface area (Å²) in [5, 5.41) is 3.40. The van der Waals surface area contributed by atoms with Gasteiger partial charge in [0.25, 0.3) is 0 Å². The van der Waals surface area contributed by atoms with Crippen molar-refractivity contribution < 1.29 is 9.59 Å². The van der Waals surface area contributed by atoms with Gasteiger partial charge in [-0.05, 0) is 5.92 Å². The first-order chi connectivity index (χ1) is 7.85. The Morgan fingerprint density at radius 3 is 2.12 bits per heavy atom. The molecule has 0 aromatic heterocycles. The monoisotopic (exact) mass is 308 g/mol. The third-order valence-corrected chi connectivity index (χ3v) is 2.28. The van der Waals surface area contributed by atoms with Crippen LogP contribution in [0, 0.1) is 5.92 Å². The summed E-state index contributed by atoms with van der Waals surface area (Å²) in [4.78, 5) is 22.6. The second kappa shape index (κ2) is 8.43. The molecular weight excluding hydrogens is 288 g/mol. The van der Waals surface area contributed by atoms with Crippen LogP contribution in [0.3, 0.4) is 0 Å². The molecular formula is C10H21BrN4O2. The highest BCUT2D eigenvalue weighted by Gasteiger charge is 2.10. The van der Waals surface area contributed by atoms with E-state index in [4.69, 9.17) is 0 Å². The molecule has 0 saturated heterocycles. The van der Waals surface area contributed by atoms with Crippen molar-refractivity contribution in [2.75, 3.05) is 32.5 Å². The van der Waals surface area contributed by atoms with Crippen molar-refractivity contribution >= 4 is 27.7 Å². The molecule has 0 atom stereocenters. The van der Waals surface area contributed by atoms with Crippen LogP contribution in [0.4, 0.5) is 0 Å². The predicted molar refractivity (Wildman–Crippen MR) is 70.2 cm³/mol. The fourth-order valence-electron chi connectivity index (χ4n) is 1.34. The standard InChI is InChI=1S/C10H21BrN4O2/c1-8(2)6-14(3)13-10(17)7-15(4)12-9(16)5-11/h8H,5-7H2,1-4H3,(H,12,16)(H,13,17). The fourth-order valence-corrected chi connectivity index (χ4v) is 1.46. The lowest BCUT2D eigenvalue weighted by Gasteiger charge is -2.22. The van der Waals surface area contributed by atoms with Crippen LogP contribution in [-0.2, 0) is 9.59 Å². The summed E-state index contributed by atoms with van der Waals surface area (Å²) in [7, 11) is 3.46. The molecule has 0 aliphatic carbocycles. The van der Waals surface area contributed by atoms with Gasteiger partial charge in [0, 0.05) is 20.6 Å². The molecule has 0 spiro atoms. The Labute approximate surface area is 111 Å². The van der Waals surface area contributed by atoms with E-state index in [-0.39, 0.29) is 23.7 Å². The van der Waals surface area contributed by atoms with Crippen molar-refractivity contribution in [1.82, 2.24) is 20.9 Å². The summed E-state index contributed by atoms with van der Waals surface area (Å²) >= 11 is 3.03. The molecule has 0 fully saturated rings. The van der Waals surface area contributed by atoms with Crippen molar-refractivity contribution in [2.24, 2.45) is 5.92 Å². The maximum Gasteiger partial charge on any atom is 0.250 e. The number of likely N-dealkylation sites (N-methyl/N-ethyl adjacent to an activating group) is 1. The Morgan fingerprint density at radius 2 is 1.65 bits per heavy atom. The maximum atomic E-state index is 11.6. The number of nitrogens with one attached hydrogen (secondary N) is 2. The highest BCUT2D eigenvalue weighted by molar-refractivity contribution is 9.09. The van der Waals surface area contributed by atoms with Gasteiger partial charge in [-0.1, -0.05) is 29.8 Å². The fraction of sp³-hybridized carbons (Fsp3) is 0.800. The van der Waals surface area contributed by atoms with Gasteiger partial charge in [-0.2, -0.15) is 0 Å². The third-order valence-electron chi connectivity index (χ3n) is 1.77. The predicted octanol–water partition coefficient (Wildman–Crippen LogP) is -0.0367. The molecule has 0 aliphatic heterocycles. The lowest BCUT2D eigenvalue weighted by atomic mass is 10.2. The van der Waals surface area contributed by atoms with E-state index in [2.05, 4.69) is 40.6 Å². The molecule has 2 N–H and O–H groups in total. The van der Waals surface area contributed by atoms with Crippen LogP contribution < -0.4 is 10.9 Å². The van der Waals surface area contributed by atoms with Crippen LogP contribution in [0.5, 0.6) is 0 Å². The smallest absolute Gasteiger partial charge is 0.250 e. The van der Waals surface area contributed by atoms with Crippen LogP contribution in [0.2, 0.25) is 0 Å². The molecule has 0 rings (SSSR count). The van der Waals surface area contributed by atoms with Crippen molar-refractivity contribution in [3.05, 3.63) is 0 Å². The second-order valence-electron chi connectivity index (χ2n) is 4.33. The molecule has 0 radical (unpaired) electrons. The van der Waals surface area contributed by atoms with E-state index in [9.17, 15) is 9.59 Å². The van der Waals surface area contributed by atoms with Crippen LogP contribution in [0.25, 0.3) is 0 Å². The lowest BCUT2D eigenvalue weighted by molar-refractivity contribution is -0.129. The molecule has 0 aromatic rings. The van der Waals surface area contributed by atoms with Gasteiger partial charge in [0.15, 0.2) is 0 Å². The molecule has 0 aliphatic rings. The molecule has 0 saturated carbocycles. The Bertz CT molecular complexity index is 261. The highest BCUT2D eigenvalue weighted by atomic mass is 79.9. The quantitative estimate of drug-likeness (QED) is 0.512. The van der Waals surface area contributed by atoms with Gasteiger partial charge in [0.2, 0.25) is 11.8 Å². The maximum absolute atomic E-state index is 11.6. The summed E-state index contributed by atoms with van der Waals surface area (Å²) in [5.41, 5.74) is 5.27. The first kappa shape index (κ1) is 16.3. The van der Waals surface area contributed by atoms with E-state index in [0.717, 1.165) is 6.54 Å². The SMILES string of the molecule is CC(C)CN(C)NC(=O)CN(C)NC(=O)CBr.